The SMILES string of the molecule is CS(=O)(=O)c1ccc(C2=CCC(c3[nH]c(=O)[nH]c(=O)c3Cc3ccccc3)CC2)c(F)c1. The predicted octanol–water partition coefficient (Wildman–Crippen LogP) is 3.55. The van der Waals surface area contributed by atoms with E-state index in [9.17, 15) is 22.4 Å². The molecule has 2 N–H and O–H groups in total. The highest BCUT2D eigenvalue weighted by atomic mass is 32.2. The molecule has 1 aliphatic rings. The van der Waals surface area contributed by atoms with Crippen LogP contribution in [0, 0.1) is 5.82 Å². The van der Waals surface area contributed by atoms with Gasteiger partial charge in [-0.05, 0) is 42.5 Å². The van der Waals surface area contributed by atoms with E-state index in [2.05, 4.69) is 9.97 Å². The van der Waals surface area contributed by atoms with Gasteiger partial charge in [-0.2, -0.15) is 0 Å². The van der Waals surface area contributed by atoms with Crippen LogP contribution in [0.5, 0.6) is 0 Å². The molecule has 0 radical (unpaired) electrons. The second kappa shape index (κ2) is 8.70. The van der Waals surface area contributed by atoms with Crippen molar-refractivity contribution >= 4 is 15.4 Å². The maximum Gasteiger partial charge on any atom is 0.325 e. The van der Waals surface area contributed by atoms with Crippen molar-refractivity contribution in [2.75, 3.05) is 6.26 Å². The molecule has 166 valence electrons. The van der Waals surface area contributed by atoms with E-state index in [0.29, 0.717) is 42.5 Å². The van der Waals surface area contributed by atoms with Gasteiger partial charge in [0.25, 0.3) is 5.56 Å². The third-order valence-corrected chi connectivity index (χ3v) is 6.94. The standard InChI is InChI=1S/C24H23FN2O4S/c1-32(30,31)18-11-12-19(21(25)14-18)16-7-9-17(10-8-16)22-20(23(28)27-24(29)26-22)13-15-5-3-2-4-6-15/h2-7,11-12,14,17H,8-10,13H2,1H3,(H2,26,27,28,29). The lowest BCUT2D eigenvalue weighted by atomic mass is 9.83. The summed E-state index contributed by atoms with van der Waals surface area (Å²) in [6.07, 6.45) is 5.04. The number of aromatic amines is 2. The van der Waals surface area contributed by atoms with Crippen LogP contribution in [0.3, 0.4) is 0 Å². The lowest BCUT2D eigenvalue weighted by Gasteiger charge is -2.24. The zero-order chi connectivity index (χ0) is 22.9. The molecule has 1 heterocycles. The van der Waals surface area contributed by atoms with Crippen molar-refractivity contribution in [3.8, 4) is 0 Å². The Kier molecular flexibility index (Phi) is 5.97. The molecule has 1 atom stereocenters. The average molecular weight is 455 g/mol. The second-order valence-electron chi connectivity index (χ2n) is 8.08. The lowest BCUT2D eigenvalue weighted by Crippen LogP contribution is -2.30. The van der Waals surface area contributed by atoms with Gasteiger partial charge in [0.2, 0.25) is 0 Å². The summed E-state index contributed by atoms with van der Waals surface area (Å²) in [7, 11) is -3.48. The number of H-pyrrole nitrogens is 2. The Balaban J connectivity index is 1.63. The maximum atomic E-state index is 14.6. The van der Waals surface area contributed by atoms with E-state index < -0.39 is 26.9 Å². The van der Waals surface area contributed by atoms with Gasteiger partial charge in [0.15, 0.2) is 9.84 Å². The Bertz CT molecular complexity index is 1410. The number of hydrogen-bond donors (Lipinski definition) is 2. The largest absolute Gasteiger partial charge is 0.325 e. The van der Waals surface area contributed by atoms with Crippen LogP contribution in [0.25, 0.3) is 5.57 Å². The molecule has 1 aliphatic carbocycles. The van der Waals surface area contributed by atoms with Crippen molar-refractivity contribution in [3.63, 3.8) is 0 Å². The number of benzene rings is 2. The molecule has 0 saturated heterocycles. The summed E-state index contributed by atoms with van der Waals surface area (Å²) >= 11 is 0. The van der Waals surface area contributed by atoms with Gasteiger partial charge in [-0.25, -0.2) is 17.6 Å². The van der Waals surface area contributed by atoms with Gasteiger partial charge in [0.05, 0.1) is 4.90 Å². The van der Waals surface area contributed by atoms with E-state index in [0.717, 1.165) is 23.5 Å². The van der Waals surface area contributed by atoms with E-state index in [4.69, 9.17) is 0 Å². The first-order chi connectivity index (χ1) is 15.2. The van der Waals surface area contributed by atoms with Crippen LogP contribution in [0.1, 0.15) is 47.6 Å². The summed E-state index contributed by atoms with van der Waals surface area (Å²) in [5.41, 5.74) is 2.33. The van der Waals surface area contributed by atoms with Gasteiger partial charge in [-0.1, -0.05) is 42.5 Å². The molecule has 0 bridgehead atoms. The minimum absolute atomic E-state index is 0.0559. The number of nitrogens with one attached hydrogen (secondary N) is 2. The first-order valence-corrected chi connectivity index (χ1v) is 12.2. The first kappa shape index (κ1) is 22.0. The van der Waals surface area contributed by atoms with E-state index in [1.807, 2.05) is 36.4 Å². The molecule has 2 aromatic carbocycles. The van der Waals surface area contributed by atoms with Crippen molar-refractivity contribution in [2.45, 2.75) is 36.5 Å². The molecule has 6 nitrogen and oxygen atoms in total. The third-order valence-electron chi connectivity index (χ3n) is 5.83. The quantitative estimate of drug-likeness (QED) is 0.616. The molecule has 0 aliphatic heterocycles. The minimum Gasteiger partial charge on any atom is -0.311 e. The molecular weight excluding hydrogens is 431 g/mol. The fourth-order valence-electron chi connectivity index (χ4n) is 4.18. The molecule has 8 heteroatoms. The highest BCUT2D eigenvalue weighted by molar-refractivity contribution is 7.90. The molecule has 4 rings (SSSR count). The highest BCUT2D eigenvalue weighted by Crippen LogP contribution is 2.37. The van der Waals surface area contributed by atoms with Crippen LogP contribution in [-0.4, -0.2) is 24.6 Å². The zero-order valence-electron chi connectivity index (χ0n) is 17.5. The van der Waals surface area contributed by atoms with Crippen LogP contribution in [0.15, 0.2) is 69.1 Å². The van der Waals surface area contributed by atoms with Crippen LogP contribution >= 0.6 is 0 Å². The van der Waals surface area contributed by atoms with Crippen LogP contribution in [-0.2, 0) is 16.3 Å². The van der Waals surface area contributed by atoms with Gasteiger partial charge in [-0.15, -0.1) is 0 Å². The normalized spacial score (nSPS) is 16.6. The molecular formula is C24H23FN2O4S. The molecule has 32 heavy (non-hydrogen) atoms. The number of rotatable bonds is 5. The minimum atomic E-state index is -3.48. The van der Waals surface area contributed by atoms with Gasteiger partial charge < -0.3 is 4.98 Å². The summed E-state index contributed by atoms with van der Waals surface area (Å²) < 4.78 is 37.9. The van der Waals surface area contributed by atoms with Gasteiger partial charge in [0.1, 0.15) is 5.82 Å². The average Bonchev–Trinajstić information content (AvgIpc) is 2.76. The molecule has 1 unspecified atom stereocenters. The Morgan fingerprint density at radius 3 is 2.44 bits per heavy atom. The van der Waals surface area contributed by atoms with Crippen molar-refractivity contribution < 1.29 is 12.8 Å². The van der Waals surface area contributed by atoms with E-state index in [1.54, 1.807) is 0 Å². The Morgan fingerprint density at radius 1 is 1.06 bits per heavy atom. The van der Waals surface area contributed by atoms with Crippen LogP contribution in [0.2, 0.25) is 0 Å². The molecule has 0 amide bonds. The van der Waals surface area contributed by atoms with Crippen LogP contribution < -0.4 is 11.2 Å². The fraction of sp³-hybridized carbons (Fsp3) is 0.250. The summed E-state index contributed by atoms with van der Waals surface area (Å²) in [4.78, 5) is 29.6. The highest BCUT2D eigenvalue weighted by Gasteiger charge is 2.24. The first-order valence-electron chi connectivity index (χ1n) is 10.3. The summed E-state index contributed by atoms with van der Waals surface area (Å²) in [5.74, 6) is -0.655. The number of sulfone groups is 1. The smallest absolute Gasteiger partial charge is 0.311 e. The summed E-state index contributed by atoms with van der Waals surface area (Å²) in [6.45, 7) is 0. The van der Waals surface area contributed by atoms with Crippen molar-refractivity contribution in [1.29, 1.82) is 0 Å². The van der Waals surface area contributed by atoms with E-state index in [1.165, 1.54) is 12.1 Å². The Morgan fingerprint density at radius 2 is 1.81 bits per heavy atom. The fourth-order valence-corrected chi connectivity index (χ4v) is 4.81. The van der Waals surface area contributed by atoms with E-state index >= 15 is 0 Å². The third kappa shape index (κ3) is 4.65. The molecule has 0 saturated carbocycles. The van der Waals surface area contributed by atoms with Crippen molar-refractivity contribution in [1.82, 2.24) is 9.97 Å². The Hall–Kier alpha value is -3.26. The molecule has 0 fully saturated rings. The summed E-state index contributed by atoms with van der Waals surface area (Å²) in [5, 5.41) is 0. The molecule has 3 aromatic rings. The van der Waals surface area contributed by atoms with Gasteiger partial charge in [-0.3, -0.25) is 9.78 Å². The molecule has 0 spiro atoms. The number of aromatic nitrogens is 2. The topological polar surface area (TPSA) is 99.9 Å². The Labute approximate surface area is 184 Å². The lowest BCUT2D eigenvalue weighted by molar-refractivity contribution is 0.584. The second-order valence-corrected chi connectivity index (χ2v) is 10.1. The monoisotopic (exact) mass is 454 g/mol. The van der Waals surface area contributed by atoms with E-state index in [-0.39, 0.29) is 10.8 Å². The summed E-state index contributed by atoms with van der Waals surface area (Å²) in [6, 6.07) is 13.5. The zero-order valence-corrected chi connectivity index (χ0v) is 18.3. The number of allylic oxidation sites excluding steroid dienone is 2. The van der Waals surface area contributed by atoms with Gasteiger partial charge in [0, 0.05) is 35.4 Å². The van der Waals surface area contributed by atoms with Crippen LogP contribution in [0.4, 0.5) is 4.39 Å². The van der Waals surface area contributed by atoms with Gasteiger partial charge >= 0.3 is 5.69 Å². The number of halogens is 1. The van der Waals surface area contributed by atoms with Crippen molar-refractivity contribution in [2.24, 2.45) is 0 Å². The molecule has 1 aromatic heterocycles. The number of hydrogen-bond acceptors (Lipinski definition) is 4. The van der Waals surface area contributed by atoms with Crippen molar-refractivity contribution in [3.05, 3.63) is 104 Å². The predicted molar refractivity (Wildman–Crippen MR) is 121 cm³/mol. The maximum absolute atomic E-state index is 14.6.